The van der Waals surface area contributed by atoms with E-state index in [1.54, 1.807) is 0 Å². The molecule has 0 aromatic heterocycles. The number of esters is 1. The van der Waals surface area contributed by atoms with Gasteiger partial charge >= 0.3 is 5.97 Å². The van der Waals surface area contributed by atoms with E-state index in [1.165, 1.54) is 7.11 Å². The lowest BCUT2D eigenvalue weighted by molar-refractivity contribution is -0.147. The zero-order valence-corrected chi connectivity index (χ0v) is 10.2. The lowest BCUT2D eigenvalue weighted by Gasteiger charge is -2.31. The van der Waals surface area contributed by atoms with E-state index >= 15 is 0 Å². The maximum absolute atomic E-state index is 11.4. The van der Waals surface area contributed by atoms with E-state index in [1.807, 2.05) is 4.90 Å². The van der Waals surface area contributed by atoms with Gasteiger partial charge in [0.1, 0.15) is 6.04 Å². The number of nitrogens with one attached hydrogen (secondary N) is 1. The average Bonchev–Trinajstić information content (AvgIpc) is 2.24. The van der Waals surface area contributed by atoms with E-state index < -0.39 is 6.04 Å². The van der Waals surface area contributed by atoms with Crippen LogP contribution in [0.1, 0.15) is 20.3 Å². The van der Waals surface area contributed by atoms with Gasteiger partial charge in [-0.1, -0.05) is 13.8 Å². The van der Waals surface area contributed by atoms with Crippen LogP contribution in [0, 0.1) is 5.92 Å². The van der Waals surface area contributed by atoms with Gasteiger partial charge < -0.3 is 10.1 Å². The third-order valence-electron chi connectivity index (χ3n) is 2.65. The largest absolute Gasteiger partial charge is 0.467 e. The molecule has 1 rings (SSSR count). The minimum Gasteiger partial charge on any atom is -0.467 e. The Morgan fingerprint density at radius 3 is 2.88 bits per heavy atom. The van der Waals surface area contributed by atoms with Crippen molar-refractivity contribution in [2.24, 2.45) is 5.92 Å². The zero-order chi connectivity index (χ0) is 12.1. The van der Waals surface area contributed by atoms with Gasteiger partial charge in [0, 0.05) is 6.54 Å². The molecule has 0 aromatic carbocycles. The fourth-order valence-corrected chi connectivity index (χ4v) is 1.70. The Balaban J connectivity index is 2.47. The molecule has 92 valence electrons. The van der Waals surface area contributed by atoms with Crippen molar-refractivity contribution in [3.05, 3.63) is 0 Å². The van der Waals surface area contributed by atoms with E-state index in [-0.39, 0.29) is 11.9 Å². The summed E-state index contributed by atoms with van der Waals surface area (Å²) in [5.74, 6) is 0.120. The lowest BCUT2D eigenvalue weighted by Crippen LogP contribution is -2.57. The Hall–Kier alpha value is -1.10. The van der Waals surface area contributed by atoms with E-state index in [4.69, 9.17) is 0 Å². The van der Waals surface area contributed by atoms with Crippen molar-refractivity contribution in [1.29, 1.82) is 0 Å². The number of piperazine rings is 1. The minimum absolute atomic E-state index is 0.106. The highest BCUT2D eigenvalue weighted by atomic mass is 16.5. The Kier molecular flexibility index (Phi) is 4.73. The number of hydrogen-bond donors (Lipinski definition) is 1. The predicted molar refractivity (Wildman–Crippen MR) is 59.8 cm³/mol. The van der Waals surface area contributed by atoms with Gasteiger partial charge in [0.2, 0.25) is 5.91 Å². The van der Waals surface area contributed by atoms with Gasteiger partial charge in [0.05, 0.1) is 13.7 Å². The Morgan fingerprint density at radius 1 is 1.62 bits per heavy atom. The highest BCUT2D eigenvalue weighted by molar-refractivity contribution is 5.86. The van der Waals surface area contributed by atoms with Crippen LogP contribution in [-0.4, -0.2) is 49.6 Å². The first-order chi connectivity index (χ1) is 7.52. The highest BCUT2D eigenvalue weighted by Crippen LogP contribution is 2.06. The maximum atomic E-state index is 11.4. The normalized spacial score (nSPS) is 22.0. The van der Waals surface area contributed by atoms with Gasteiger partial charge in [-0.05, 0) is 18.9 Å². The van der Waals surface area contributed by atoms with Gasteiger partial charge in [0.25, 0.3) is 0 Å². The second-order valence-electron chi connectivity index (χ2n) is 4.56. The van der Waals surface area contributed by atoms with Crippen LogP contribution in [0.2, 0.25) is 0 Å². The van der Waals surface area contributed by atoms with Crippen molar-refractivity contribution in [2.75, 3.05) is 26.7 Å². The van der Waals surface area contributed by atoms with Crippen molar-refractivity contribution in [1.82, 2.24) is 10.2 Å². The van der Waals surface area contributed by atoms with Crippen LogP contribution >= 0.6 is 0 Å². The molecule has 1 aliphatic rings. The third kappa shape index (κ3) is 3.81. The van der Waals surface area contributed by atoms with E-state index in [0.29, 0.717) is 19.0 Å². The van der Waals surface area contributed by atoms with Gasteiger partial charge in [0.15, 0.2) is 0 Å². The van der Waals surface area contributed by atoms with Crippen LogP contribution < -0.4 is 5.32 Å². The van der Waals surface area contributed by atoms with E-state index in [0.717, 1.165) is 13.0 Å². The molecule has 5 nitrogen and oxygen atoms in total. The lowest BCUT2D eigenvalue weighted by atomic mass is 10.1. The van der Waals surface area contributed by atoms with Crippen LogP contribution in [0.3, 0.4) is 0 Å². The predicted octanol–water partition coefficient (Wildman–Crippen LogP) is 0.00590. The first-order valence-electron chi connectivity index (χ1n) is 5.62. The van der Waals surface area contributed by atoms with Crippen LogP contribution in [0.15, 0.2) is 0 Å². The van der Waals surface area contributed by atoms with Crippen LogP contribution in [-0.2, 0) is 14.3 Å². The zero-order valence-electron chi connectivity index (χ0n) is 10.2. The number of ether oxygens (including phenoxy) is 1. The molecule has 5 heteroatoms. The summed E-state index contributed by atoms with van der Waals surface area (Å²) < 4.78 is 4.63. The molecule has 0 bridgehead atoms. The number of nitrogens with zero attached hydrogens (tertiary/aromatic N) is 1. The molecule has 0 radical (unpaired) electrons. The molecule has 1 N–H and O–H groups in total. The summed E-state index contributed by atoms with van der Waals surface area (Å²) in [7, 11) is 1.33. The number of rotatable bonds is 4. The summed E-state index contributed by atoms with van der Waals surface area (Å²) in [6, 6.07) is -0.515. The molecule has 1 unspecified atom stereocenters. The molecule has 0 spiro atoms. The molecule has 0 aromatic rings. The van der Waals surface area contributed by atoms with E-state index in [2.05, 4.69) is 23.9 Å². The SMILES string of the molecule is COC(=O)C1CN(CCC(C)C)CC(=O)N1. The van der Waals surface area contributed by atoms with Gasteiger partial charge in [-0.2, -0.15) is 0 Å². The third-order valence-corrected chi connectivity index (χ3v) is 2.65. The summed E-state index contributed by atoms with van der Waals surface area (Å²) in [4.78, 5) is 24.7. The Labute approximate surface area is 96.1 Å². The monoisotopic (exact) mass is 228 g/mol. The molecule has 1 heterocycles. The molecular weight excluding hydrogens is 208 g/mol. The number of carbonyl (C=O) groups excluding carboxylic acids is 2. The molecule has 1 fully saturated rings. The van der Waals surface area contributed by atoms with Crippen molar-refractivity contribution in [3.63, 3.8) is 0 Å². The Morgan fingerprint density at radius 2 is 2.31 bits per heavy atom. The number of carbonyl (C=O) groups is 2. The topological polar surface area (TPSA) is 58.6 Å². The smallest absolute Gasteiger partial charge is 0.329 e. The minimum atomic E-state index is -0.515. The molecule has 1 atom stereocenters. The molecule has 1 amide bonds. The Bertz CT molecular complexity index is 266. The number of methoxy groups -OCH3 is 1. The van der Waals surface area contributed by atoms with Crippen molar-refractivity contribution < 1.29 is 14.3 Å². The summed E-state index contributed by atoms with van der Waals surface area (Å²) in [5, 5.41) is 2.63. The molecule has 0 aliphatic carbocycles. The fraction of sp³-hybridized carbons (Fsp3) is 0.818. The standard InChI is InChI=1S/C11H20N2O3/c1-8(2)4-5-13-6-9(11(15)16-3)12-10(14)7-13/h8-9H,4-7H2,1-3H3,(H,12,14). The summed E-state index contributed by atoms with van der Waals surface area (Å²) >= 11 is 0. The van der Waals surface area contributed by atoms with Crippen LogP contribution in [0.25, 0.3) is 0 Å². The second-order valence-corrected chi connectivity index (χ2v) is 4.56. The van der Waals surface area contributed by atoms with E-state index in [9.17, 15) is 9.59 Å². The van der Waals surface area contributed by atoms with Crippen molar-refractivity contribution in [2.45, 2.75) is 26.3 Å². The molecular formula is C11H20N2O3. The average molecular weight is 228 g/mol. The van der Waals surface area contributed by atoms with Crippen molar-refractivity contribution in [3.8, 4) is 0 Å². The highest BCUT2D eigenvalue weighted by Gasteiger charge is 2.29. The number of hydrogen-bond acceptors (Lipinski definition) is 4. The van der Waals surface area contributed by atoms with Crippen molar-refractivity contribution >= 4 is 11.9 Å². The molecule has 1 aliphatic heterocycles. The summed E-state index contributed by atoms with van der Waals surface area (Å²) in [6.45, 7) is 6.05. The summed E-state index contributed by atoms with van der Waals surface area (Å²) in [6.07, 6.45) is 1.03. The molecule has 1 saturated heterocycles. The maximum Gasteiger partial charge on any atom is 0.329 e. The quantitative estimate of drug-likeness (QED) is 0.688. The molecule has 16 heavy (non-hydrogen) atoms. The second kappa shape index (κ2) is 5.84. The first-order valence-corrected chi connectivity index (χ1v) is 5.62. The fourth-order valence-electron chi connectivity index (χ4n) is 1.70. The van der Waals surface area contributed by atoms with Gasteiger partial charge in [-0.15, -0.1) is 0 Å². The van der Waals surface area contributed by atoms with Crippen LogP contribution in [0.5, 0.6) is 0 Å². The van der Waals surface area contributed by atoms with Gasteiger partial charge in [-0.25, -0.2) is 4.79 Å². The molecule has 0 saturated carbocycles. The number of amides is 1. The first kappa shape index (κ1) is 13.0. The van der Waals surface area contributed by atoms with Gasteiger partial charge in [-0.3, -0.25) is 9.69 Å². The van der Waals surface area contributed by atoms with Crippen LogP contribution in [0.4, 0.5) is 0 Å². The summed E-state index contributed by atoms with van der Waals surface area (Å²) in [5.41, 5.74) is 0.